The molecule has 0 fully saturated rings. The fourth-order valence-electron chi connectivity index (χ4n) is 2.62. The smallest absolute Gasteiger partial charge is 0.420 e. The van der Waals surface area contributed by atoms with E-state index in [-0.39, 0.29) is 5.69 Å². The molecule has 136 valence electrons. The van der Waals surface area contributed by atoms with E-state index in [9.17, 15) is 23.1 Å². The summed E-state index contributed by atoms with van der Waals surface area (Å²) in [6.45, 7) is 5.45. The zero-order valence-electron chi connectivity index (χ0n) is 14.4. The SMILES string of the molecule is Cc1nn(C)c(C)c1CC(C)C(=O)Nc1ccc(O)c(C(F)(F)F)c1. The lowest BCUT2D eigenvalue weighted by Gasteiger charge is -2.15. The highest BCUT2D eigenvalue weighted by Gasteiger charge is 2.34. The summed E-state index contributed by atoms with van der Waals surface area (Å²) >= 11 is 0. The van der Waals surface area contributed by atoms with Crippen molar-refractivity contribution in [2.75, 3.05) is 5.32 Å². The van der Waals surface area contributed by atoms with Crippen LogP contribution in [0.3, 0.4) is 0 Å². The van der Waals surface area contributed by atoms with E-state index >= 15 is 0 Å². The second-order valence-corrected chi connectivity index (χ2v) is 6.10. The van der Waals surface area contributed by atoms with Gasteiger partial charge in [-0.15, -0.1) is 0 Å². The number of carbonyl (C=O) groups is 1. The Hall–Kier alpha value is -2.51. The van der Waals surface area contributed by atoms with E-state index in [2.05, 4.69) is 10.4 Å². The highest BCUT2D eigenvalue weighted by atomic mass is 19.4. The van der Waals surface area contributed by atoms with Gasteiger partial charge in [-0.25, -0.2) is 0 Å². The third-order valence-corrected chi connectivity index (χ3v) is 4.19. The number of phenolic OH excluding ortho intramolecular Hbond substituents is 1. The Morgan fingerprint density at radius 1 is 1.36 bits per heavy atom. The van der Waals surface area contributed by atoms with Crippen LogP contribution >= 0.6 is 0 Å². The van der Waals surface area contributed by atoms with Gasteiger partial charge in [0.2, 0.25) is 5.91 Å². The molecule has 0 bridgehead atoms. The van der Waals surface area contributed by atoms with Crippen LogP contribution in [-0.4, -0.2) is 20.8 Å². The molecule has 1 aromatic carbocycles. The average molecular weight is 355 g/mol. The van der Waals surface area contributed by atoms with Crippen molar-refractivity contribution >= 4 is 11.6 Å². The van der Waals surface area contributed by atoms with Gasteiger partial charge in [0, 0.05) is 24.3 Å². The van der Waals surface area contributed by atoms with Gasteiger partial charge in [-0.1, -0.05) is 6.92 Å². The summed E-state index contributed by atoms with van der Waals surface area (Å²) in [6, 6.07) is 2.87. The number of aromatic nitrogens is 2. The van der Waals surface area contributed by atoms with Crippen LogP contribution in [0.4, 0.5) is 18.9 Å². The van der Waals surface area contributed by atoms with Crippen molar-refractivity contribution in [1.82, 2.24) is 9.78 Å². The van der Waals surface area contributed by atoms with Gasteiger partial charge in [-0.3, -0.25) is 9.48 Å². The number of amides is 1. The molecule has 0 aliphatic carbocycles. The minimum atomic E-state index is -4.69. The second-order valence-electron chi connectivity index (χ2n) is 6.10. The van der Waals surface area contributed by atoms with Gasteiger partial charge < -0.3 is 10.4 Å². The van der Waals surface area contributed by atoms with Gasteiger partial charge in [0.25, 0.3) is 0 Å². The largest absolute Gasteiger partial charge is 0.507 e. The van der Waals surface area contributed by atoms with Crippen LogP contribution in [0.25, 0.3) is 0 Å². The first kappa shape index (κ1) is 18.8. The fourth-order valence-corrected chi connectivity index (χ4v) is 2.62. The van der Waals surface area contributed by atoms with Crippen molar-refractivity contribution in [2.45, 2.75) is 33.4 Å². The fraction of sp³-hybridized carbons (Fsp3) is 0.412. The highest BCUT2D eigenvalue weighted by Crippen LogP contribution is 2.37. The number of rotatable bonds is 4. The highest BCUT2D eigenvalue weighted by molar-refractivity contribution is 5.92. The molecule has 0 aliphatic heterocycles. The number of nitrogens with zero attached hydrogens (tertiary/aromatic N) is 2. The first-order valence-corrected chi connectivity index (χ1v) is 7.70. The number of nitrogens with one attached hydrogen (secondary N) is 1. The molecule has 25 heavy (non-hydrogen) atoms. The molecule has 1 heterocycles. The quantitative estimate of drug-likeness (QED) is 0.824. The molecule has 1 aromatic heterocycles. The van der Waals surface area contributed by atoms with Gasteiger partial charge in [-0.2, -0.15) is 18.3 Å². The predicted octanol–water partition coefficient (Wildman–Crippen LogP) is 3.58. The molecular formula is C17H20F3N3O2. The number of benzene rings is 1. The monoisotopic (exact) mass is 355 g/mol. The number of carbonyl (C=O) groups excluding carboxylic acids is 1. The molecule has 8 heteroatoms. The van der Waals surface area contributed by atoms with E-state index in [1.807, 2.05) is 20.9 Å². The first-order valence-electron chi connectivity index (χ1n) is 7.70. The third-order valence-electron chi connectivity index (χ3n) is 4.19. The molecule has 1 atom stereocenters. The minimum absolute atomic E-state index is 0.0124. The lowest BCUT2D eigenvalue weighted by molar-refractivity contribution is -0.138. The first-order chi connectivity index (χ1) is 11.5. The van der Waals surface area contributed by atoms with Crippen molar-refractivity contribution in [3.63, 3.8) is 0 Å². The summed E-state index contributed by atoms with van der Waals surface area (Å²) in [5.41, 5.74) is 1.52. The van der Waals surface area contributed by atoms with E-state index in [0.29, 0.717) is 6.42 Å². The number of anilines is 1. The number of alkyl halides is 3. The maximum absolute atomic E-state index is 12.8. The van der Waals surface area contributed by atoms with Gasteiger partial charge >= 0.3 is 6.18 Å². The molecule has 0 saturated carbocycles. The zero-order chi connectivity index (χ0) is 18.9. The third kappa shape index (κ3) is 4.12. The number of hydrogen-bond acceptors (Lipinski definition) is 3. The molecule has 1 unspecified atom stereocenters. The van der Waals surface area contributed by atoms with E-state index in [0.717, 1.165) is 29.1 Å². The van der Waals surface area contributed by atoms with Crippen LogP contribution in [0.2, 0.25) is 0 Å². The summed E-state index contributed by atoms with van der Waals surface area (Å²) in [4.78, 5) is 12.3. The van der Waals surface area contributed by atoms with Crippen LogP contribution in [0, 0.1) is 19.8 Å². The molecule has 5 nitrogen and oxygen atoms in total. The maximum atomic E-state index is 12.8. The van der Waals surface area contributed by atoms with Crippen molar-refractivity contribution < 1.29 is 23.1 Å². The molecule has 2 aromatic rings. The molecule has 1 amide bonds. The van der Waals surface area contributed by atoms with Crippen LogP contribution in [0.15, 0.2) is 18.2 Å². The molecule has 0 saturated heterocycles. The molecule has 0 spiro atoms. The topological polar surface area (TPSA) is 67.2 Å². The summed E-state index contributed by atoms with van der Waals surface area (Å²) in [6.07, 6.45) is -4.26. The Labute approximate surface area is 143 Å². The van der Waals surface area contributed by atoms with E-state index < -0.39 is 29.3 Å². The molecule has 0 radical (unpaired) electrons. The Balaban J connectivity index is 2.14. The number of aryl methyl sites for hydroxylation is 2. The lowest BCUT2D eigenvalue weighted by atomic mass is 9.98. The Morgan fingerprint density at radius 2 is 2.00 bits per heavy atom. The van der Waals surface area contributed by atoms with E-state index in [4.69, 9.17) is 0 Å². The summed E-state index contributed by atoms with van der Waals surface area (Å²) in [5, 5.41) is 16.1. The summed E-state index contributed by atoms with van der Waals surface area (Å²) in [7, 11) is 1.81. The predicted molar refractivity (Wildman–Crippen MR) is 87.3 cm³/mol. The molecule has 0 aliphatic rings. The minimum Gasteiger partial charge on any atom is -0.507 e. The van der Waals surface area contributed by atoms with Crippen LogP contribution in [0.1, 0.15) is 29.4 Å². The van der Waals surface area contributed by atoms with Crippen molar-refractivity contribution in [1.29, 1.82) is 0 Å². The Kier molecular flexibility index (Phi) is 5.10. The Bertz CT molecular complexity index is 797. The maximum Gasteiger partial charge on any atom is 0.420 e. The van der Waals surface area contributed by atoms with E-state index in [1.54, 1.807) is 11.6 Å². The van der Waals surface area contributed by atoms with Gasteiger partial charge in [0.05, 0.1) is 11.3 Å². The lowest BCUT2D eigenvalue weighted by Crippen LogP contribution is -2.23. The van der Waals surface area contributed by atoms with Crippen molar-refractivity contribution in [3.8, 4) is 5.75 Å². The summed E-state index contributed by atoms with van der Waals surface area (Å²) < 4.78 is 40.2. The van der Waals surface area contributed by atoms with Crippen molar-refractivity contribution in [2.24, 2.45) is 13.0 Å². The number of aromatic hydroxyl groups is 1. The number of halogens is 3. The standard InChI is InChI=1S/C17H20F3N3O2/c1-9(7-13-10(2)22-23(4)11(13)3)16(25)21-12-5-6-15(24)14(8-12)17(18,19)20/h5-6,8-9,24H,7H2,1-4H3,(H,21,25). The van der Waals surface area contributed by atoms with Crippen LogP contribution in [0.5, 0.6) is 5.75 Å². The van der Waals surface area contributed by atoms with Crippen LogP contribution in [-0.2, 0) is 24.4 Å². The number of hydrogen-bond donors (Lipinski definition) is 2. The van der Waals surface area contributed by atoms with E-state index in [1.165, 1.54) is 6.07 Å². The second kappa shape index (κ2) is 6.78. The van der Waals surface area contributed by atoms with Gasteiger partial charge in [0.15, 0.2) is 0 Å². The van der Waals surface area contributed by atoms with Crippen molar-refractivity contribution in [3.05, 3.63) is 40.7 Å². The van der Waals surface area contributed by atoms with Gasteiger partial charge in [-0.05, 0) is 44.0 Å². The average Bonchev–Trinajstić information content (AvgIpc) is 2.74. The molecule has 2 N–H and O–H groups in total. The Morgan fingerprint density at radius 3 is 2.52 bits per heavy atom. The number of phenols is 1. The normalized spacial score (nSPS) is 12.9. The van der Waals surface area contributed by atoms with Gasteiger partial charge in [0.1, 0.15) is 5.75 Å². The molecule has 2 rings (SSSR count). The van der Waals surface area contributed by atoms with Crippen LogP contribution < -0.4 is 5.32 Å². The zero-order valence-corrected chi connectivity index (χ0v) is 14.4. The molecular weight excluding hydrogens is 335 g/mol. The summed E-state index contributed by atoms with van der Waals surface area (Å²) in [5.74, 6) is -1.73.